The van der Waals surface area contributed by atoms with E-state index < -0.39 is 10.8 Å². The summed E-state index contributed by atoms with van der Waals surface area (Å²) < 4.78 is 37.0. The van der Waals surface area contributed by atoms with Crippen molar-refractivity contribution in [2.75, 3.05) is 39.5 Å². The van der Waals surface area contributed by atoms with Crippen LogP contribution in [0.15, 0.2) is 58.8 Å². The van der Waals surface area contributed by atoms with Gasteiger partial charge in [0.2, 0.25) is 0 Å². The van der Waals surface area contributed by atoms with Crippen LogP contribution in [0.5, 0.6) is 5.75 Å². The van der Waals surface area contributed by atoms with Crippen LogP contribution in [0.3, 0.4) is 0 Å². The van der Waals surface area contributed by atoms with Crippen LogP contribution in [-0.2, 0) is 15.5 Å². The van der Waals surface area contributed by atoms with E-state index in [1.54, 1.807) is 36.4 Å². The fourth-order valence-corrected chi connectivity index (χ4v) is 3.63. The Morgan fingerprint density at radius 3 is 2.54 bits per heavy atom. The highest BCUT2D eigenvalue weighted by molar-refractivity contribution is 7.88. The predicted molar refractivity (Wildman–Crippen MR) is 113 cm³/mol. The molecule has 0 N–H and O–H groups in total. The molecule has 152 valence electrons. The Morgan fingerprint density at radius 1 is 1.11 bits per heavy atom. The van der Waals surface area contributed by atoms with E-state index in [1.165, 1.54) is 11.5 Å². The van der Waals surface area contributed by atoms with Gasteiger partial charge in [-0.3, -0.25) is 4.90 Å². The molecule has 4 nitrogen and oxygen atoms in total. The van der Waals surface area contributed by atoms with Crippen LogP contribution in [0.1, 0.15) is 12.0 Å². The number of halogens is 2. The normalized spacial score (nSPS) is 15.9. The SMILES string of the molecule is Cl.O=S(/C=C/c1ccccc1F)c1ccc(OCCCN2CCOCC2)cc1. The number of nitrogens with zero attached hydrogens (tertiary/aromatic N) is 1. The second kappa shape index (κ2) is 12.0. The van der Waals surface area contributed by atoms with Crippen molar-refractivity contribution in [1.29, 1.82) is 0 Å². The predicted octanol–water partition coefficient (Wildman–Crippen LogP) is 4.13. The van der Waals surface area contributed by atoms with Crippen molar-refractivity contribution >= 4 is 29.3 Å². The van der Waals surface area contributed by atoms with Gasteiger partial charge < -0.3 is 9.47 Å². The van der Waals surface area contributed by atoms with E-state index in [2.05, 4.69) is 4.90 Å². The highest BCUT2D eigenvalue weighted by Crippen LogP contribution is 2.17. The third-order valence-electron chi connectivity index (χ3n) is 4.32. The molecule has 1 heterocycles. The minimum atomic E-state index is -1.33. The van der Waals surface area contributed by atoms with Gasteiger partial charge >= 0.3 is 0 Å². The van der Waals surface area contributed by atoms with Crippen LogP contribution in [0, 0.1) is 5.82 Å². The molecule has 7 heteroatoms. The number of benzene rings is 2. The van der Waals surface area contributed by atoms with Crippen LogP contribution < -0.4 is 4.74 Å². The molecule has 2 aromatic rings. The first-order valence-electron chi connectivity index (χ1n) is 9.09. The Kier molecular flexibility index (Phi) is 9.64. The van der Waals surface area contributed by atoms with Crippen molar-refractivity contribution in [2.24, 2.45) is 0 Å². The summed E-state index contributed by atoms with van der Waals surface area (Å²) in [6.07, 6.45) is 2.50. The zero-order chi connectivity index (χ0) is 18.9. The second-order valence-corrected chi connectivity index (χ2v) is 7.59. The first-order valence-corrected chi connectivity index (χ1v) is 10.3. The maximum absolute atomic E-state index is 13.6. The zero-order valence-electron chi connectivity index (χ0n) is 15.6. The van der Waals surface area contributed by atoms with E-state index in [-0.39, 0.29) is 18.2 Å². The summed E-state index contributed by atoms with van der Waals surface area (Å²) in [6, 6.07) is 13.6. The Balaban J connectivity index is 0.00000280. The molecule has 3 rings (SSSR count). The molecule has 1 unspecified atom stereocenters. The van der Waals surface area contributed by atoms with Gasteiger partial charge in [-0.25, -0.2) is 8.60 Å². The summed E-state index contributed by atoms with van der Waals surface area (Å²) in [6.45, 7) is 5.25. The van der Waals surface area contributed by atoms with Crippen molar-refractivity contribution in [3.63, 3.8) is 0 Å². The summed E-state index contributed by atoms with van der Waals surface area (Å²) in [5, 5.41) is 1.50. The standard InChI is InChI=1S/C21H24FNO3S.ClH/c22-21-5-2-1-4-18(21)10-17-27(24)20-8-6-19(7-9-20)26-14-3-11-23-12-15-25-16-13-23;/h1-2,4-10,17H,3,11-16H2;1H/b17-10+;. The number of hydrogen-bond donors (Lipinski definition) is 0. The first-order chi connectivity index (χ1) is 13.2. The Labute approximate surface area is 174 Å². The summed E-state index contributed by atoms with van der Waals surface area (Å²) in [5.74, 6) is 0.433. The largest absolute Gasteiger partial charge is 0.494 e. The fraction of sp³-hybridized carbons (Fsp3) is 0.333. The number of morpholine rings is 1. The molecule has 1 saturated heterocycles. The molecule has 1 fully saturated rings. The maximum Gasteiger partial charge on any atom is 0.130 e. The van der Waals surface area contributed by atoms with Gasteiger partial charge in [-0.05, 0) is 42.8 Å². The van der Waals surface area contributed by atoms with Gasteiger partial charge in [-0.2, -0.15) is 0 Å². The molecule has 28 heavy (non-hydrogen) atoms. The van der Waals surface area contributed by atoms with Gasteiger partial charge in [0, 0.05) is 35.5 Å². The molecule has 0 saturated carbocycles. The van der Waals surface area contributed by atoms with Crippen molar-refractivity contribution in [2.45, 2.75) is 11.3 Å². The summed E-state index contributed by atoms with van der Waals surface area (Å²) >= 11 is 0. The number of hydrogen-bond acceptors (Lipinski definition) is 4. The molecule has 0 bridgehead atoms. The van der Waals surface area contributed by atoms with Gasteiger partial charge in [-0.1, -0.05) is 18.2 Å². The van der Waals surface area contributed by atoms with Gasteiger partial charge in [0.1, 0.15) is 11.6 Å². The molecule has 2 aromatic carbocycles. The van der Waals surface area contributed by atoms with Crippen LogP contribution in [0.4, 0.5) is 4.39 Å². The maximum atomic E-state index is 13.6. The third-order valence-corrected chi connectivity index (χ3v) is 5.44. The Morgan fingerprint density at radius 2 is 1.82 bits per heavy atom. The number of rotatable bonds is 8. The topological polar surface area (TPSA) is 38.8 Å². The minimum Gasteiger partial charge on any atom is -0.494 e. The highest BCUT2D eigenvalue weighted by atomic mass is 35.5. The van der Waals surface area contributed by atoms with Crippen molar-refractivity contribution in [3.8, 4) is 5.75 Å². The van der Waals surface area contributed by atoms with E-state index in [0.717, 1.165) is 45.0 Å². The van der Waals surface area contributed by atoms with E-state index in [0.29, 0.717) is 17.1 Å². The monoisotopic (exact) mass is 425 g/mol. The lowest BCUT2D eigenvalue weighted by molar-refractivity contribution is 0.0358. The van der Waals surface area contributed by atoms with Crippen LogP contribution in [0.2, 0.25) is 0 Å². The Bertz CT molecular complexity index is 779. The Hall–Kier alpha value is -1.73. The molecule has 1 aliphatic rings. The second-order valence-electron chi connectivity index (χ2n) is 6.25. The summed E-state index contributed by atoms with van der Waals surface area (Å²) in [4.78, 5) is 3.03. The molecular formula is C21H25ClFNO3S. The van der Waals surface area contributed by atoms with Gasteiger partial charge in [-0.15, -0.1) is 12.4 Å². The molecule has 0 amide bonds. The molecule has 1 aliphatic heterocycles. The van der Waals surface area contributed by atoms with Crippen molar-refractivity contribution < 1.29 is 18.1 Å². The smallest absolute Gasteiger partial charge is 0.130 e. The molecule has 0 aliphatic carbocycles. The van der Waals surface area contributed by atoms with Crippen molar-refractivity contribution in [3.05, 3.63) is 65.3 Å². The molecule has 0 aromatic heterocycles. The van der Waals surface area contributed by atoms with Gasteiger partial charge in [0.25, 0.3) is 0 Å². The molecule has 0 spiro atoms. The number of ether oxygens (including phenoxy) is 2. The van der Waals surface area contributed by atoms with Gasteiger partial charge in [0.05, 0.1) is 30.6 Å². The zero-order valence-corrected chi connectivity index (χ0v) is 17.2. The van der Waals surface area contributed by atoms with Crippen LogP contribution in [-0.4, -0.2) is 48.6 Å². The summed E-state index contributed by atoms with van der Waals surface area (Å²) in [5.41, 5.74) is 0.422. The first kappa shape index (κ1) is 22.6. The molecule has 0 radical (unpaired) electrons. The summed E-state index contributed by atoms with van der Waals surface area (Å²) in [7, 11) is -1.33. The lowest BCUT2D eigenvalue weighted by Crippen LogP contribution is -2.37. The highest BCUT2D eigenvalue weighted by Gasteiger charge is 2.09. The average molecular weight is 426 g/mol. The lowest BCUT2D eigenvalue weighted by atomic mass is 10.2. The third kappa shape index (κ3) is 7.02. The van der Waals surface area contributed by atoms with Crippen LogP contribution in [0.25, 0.3) is 6.08 Å². The minimum absolute atomic E-state index is 0. The van der Waals surface area contributed by atoms with E-state index >= 15 is 0 Å². The van der Waals surface area contributed by atoms with Crippen LogP contribution >= 0.6 is 12.4 Å². The fourth-order valence-electron chi connectivity index (χ4n) is 2.80. The van der Waals surface area contributed by atoms with Gasteiger partial charge in [0.15, 0.2) is 0 Å². The molecule has 1 atom stereocenters. The van der Waals surface area contributed by atoms with E-state index in [9.17, 15) is 8.60 Å². The lowest BCUT2D eigenvalue weighted by Gasteiger charge is -2.26. The quantitative estimate of drug-likeness (QED) is 0.596. The van der Waals surface area contributed by atoms with E-state index in [1.807, 2.05) is 12.1 Å². The van der Waals surface area contributed by atoms with Crippen molar-refractivity contribution in [1.82, 2.24) is 4.90 Å². The average Bonchev–Trinajstić information content (AvgIpc) is 2.72. The van der Waals surface area contributed by atoms with E-state index in [4.69, 9.17) is 9.47 Å². The molecular weight excluding hydrogens is 401 g/mol.